The van der Waals surface area contributed by atoms with Crippen LogP contribution in [0, 0.1) is 6.92 Å². The normalized spacial score (nSPS) is 18.2. The summed E-state index contributed by atoms with van der Waals surface area (Å²) in [6.07, 6.45) is 5.64. The van der Waals surface area contributed by atoms with Gasteiger partial charge in [-0.05, 0) is 57.7 Å². The Balaban J connectivity index is 1.33. The zero-order valence-corrected chi connectivity index (χ0v) is 18.1. The van der Waals surface area contributed by atoms with Gasteiger partial charge < -0.3 is 19.4 Å². The topological polar surface area (TPSA) is 93.4 Å². The summed E-state index contributed by atoms with van der Waals surface area (Å²) in [5.74, 6) is 2.56. The van der Waals surface area contributed by atoms with Crippen molar-refractivity contribution < 1.29 is 13.9 Å². The molecule has 2 fully saturated rings. The van der Waals surface area contributed by atoms with E-state index >= 15 is 0 Å². The maximum absolute atomic E-state index is 13.2. The van der Waals surface area contributed by atoms with Gasteiger partial charge in [0, 0.05) is 30.2 Å². The summed E-state index contributed by atoms with van der Waals surface area (Å²) in [7, 11) is 1.64. The smallest absolute Gasteiger partial charge is 0.291 e. The molecule has 8 heteroatoms. The third-order valence-corrected chi connectivity index (χ3v) is 6.32. The number of nitrogens with zero attached hydrogens (tertiary/aromatic N) is 4. The van der Waals surface area contributed by atoms with Gasteiger partial charge >= 0.3 is 0 Å². The second-order valence-electron chi connectivity index (χ2n) is 8.85. The molecular formula is C23H27N5O3. The molecule has 162 valence electrons. The average Bonchev–Trinajstić information content (AvgIpc) is 3.38. The van der Waals surface area contributed by atoms with Crippen LogP contribution in [0.1, 0.15) is 60.6 Å². The van der Waals surface area contributed by atoms with Gasteiger partial charge in [0.1, 0.15) is 17.3 Å². The number of furan rings is 1. The molecule has 0 bridgehead atoms. The average molecular weight is 422 g/mol. The van der Waals surface area contributed by atoms with Crippen molar-refractivity contribution in [3.63, 3.8) is 0 Å². The number of nitrogens with one attached hydrogen (secondary N) is 1. The molecule has 1 aliphatic carbocycles. The Morgan fingerprint density at radius 1 is 1.26 bits per heavy atom. The molecule has 0 aromatic carbocycles. The molecule has 0 spiro atoms. The molecule has 0 unspecified atom stereocenters. The van der Waals surface area contributed by atoms with Crippen LogP contribution in [0.25, 0.3) is 11.1 Å². The third-order valence-electron chi connectivity index (χ3n) is 6.32. The number of fused-ring (bicyclic) bond motifs is 1. The van der Waals surface area contributed by atoms with Crippen molar-refractivity contribution in [1.29, 1.82) is 0 Å². The van der Waals surface area contributed by atoms with Crippen molar-refractivity contribution in [2.75, 3.05) is 25.5 Å². The predicted molar refractivity (Wildman–Crippen MR) is 116 cm³/mol. The van der Waals surface area contributed by atoms with Gasteiger partial charge in [0.05, 0.1) is 18.7 Å². The van der Waals surface area contributed by atoms with Crippen LogP contribution in [0.4, 0.5) is 5.82 Å². The van der Waals surface area contributed by atoms with E-state index in [-0.39, 0.29) is 17.3 Å². The lowest BCUT2D eigenvalue weighted by Crippen LogP contribution is -2.39. The van der Waals surface area contributed by atoms with Crippen LogP contribution in [-0.4, -0.2) is 51.5 Å². The van der Waals surface area contributed by atoms with Gasteiger partial charge in [-0.1, -0.05) is 0 Å². The van der Waals surface area contributed by atoms with E-state index < -0.39 is 0 Å². The zero-order valence-electron chi connectivity index (χ0n) is 18.1. The number of amides is 1. The second-order valence-corrected chi connectivity index (χ2v) is 8.85. The molecule has 0 radical (unpaired) electrons. The van der Waals surface area contributed by atoms with E-state index in [1.165, 1.54) is 0 Å². The molecular weight excluding hydrogens is 394 g/mol. The van der Waals surface area contributed by atoms with Crippen molar-refractivity contribution >= 4 is 22.8 Å². The van der Waals surface area contributed by atoms with Crippen LogP contribution in [0.5, 0.6) is 5.75 Å². The van der Waals surface area contributed by atoms with E-state index in [1.54, 1.807) is 13.3 Å². The first-order valence-corrected chi connectivity index (χ1v) is 10.8. The molecule has 1 N–H and O–H groups in total. The molecule has 5 rings (SSSR count). The number of carbonyl (C=O) groups excluding carboxylic acids is 1. The van der Waals surface area contributed by atoms with Crippen LogP contribution in [-0.2, 0) is 0 Å². The Morgan fingerprint density at radius 2 is 2.03 bits per heavy atom. The third kappa shape index (κ3) is 3.94. The lowest BCUT2D eigenvalue weighted by molar-refractivity contribution is 0.0700. The molecule has 2 aliphatic rings. The van der Waals surface area contributed by atoms with E-state index in [0.29, 0.717) is 30.5 Å². The summed E-state index contributed by atoms with van der Waals surface area (Å²) in [6.45, 7) is 5.34. The van der Waals surface area contributed by atoms with Crippen molar-refractivity contribution in [2.45, 2.75) is 51.0 Å². The molecule has 4 heterocycles. The molecule has 1 saturated heterocycles. The van der Waals surface area contributed by atoms with Gasteiger partial charge in [-0.25, -0.2) is 4.98 Å². The number of rotatable bonds is 5. The summed E-state index contributed by atoms with van der Waals surface area (Å²) in [5.41, 5.74) is 1.54. The van der Waals surface area contributed by atoms with Gasteiger partial charge in [-0.2, -0.15) is 4.98 Å². The minimum absolute atomic E-state index is 0.0382. The molecule has 31 heavy (non-hydrogen) atoms. The summed E-state index contributed by atoms with van der Waals surface area (Å²) >= 11 is 0. The van der Waals surface area contributed by atoms with Crippen LogP contribution in [0.3, 0.4) is 0 Å². The monoisotopic (exact) mass is 421 g/mol. The van der Waals surface area contributed by atoms with Crippen LogP contribution in [0.2, 0.25) is 0 Å². The Morgan fingerprint density at radius 3 is 2.68 bits per heavy atom. The van der Waals surface area contributed by atoms with E-state index in [4.69, 9.17) is 9.15 Å². The van der Waals surface area contributed by atoms with Crippen molar-refractivity contribution in [2.24, 2.45) is 0 Å². The highest BCUT2D eigenvalue weighted by atomic mass is 16.5. The fourth-order valence-corrected chi connectivity index (χ4v) is 4.10. The lowest BCUT2D eigenvalue weighted by Gasteiger charge is -2.31. The molecule has 3 aromatic heterocycles. The number of methoxy groups -OCH3 is 1. The first kappa shape index (κ1) is 19.8. The summed E-state index contributed by atoms with van der Waals surface area (Å²) in [4.78, 5) is 28.6. The minimum atomic E-state index is -0.152. The number of likely N-dealkylation sites (tertiary alicyclic amines) is 1. The number of aromatic nitrogens is 3. The number of ether oxygens (including phenoxy) is 1. The number of carbonyl (C=O) groups is 1. The van der Waals surface area contributed by atoms with Crippen LogP contribution in [0.15, 0.2) is 28.8 Å². The van der Waals surface area contributed by atoms with Crippen LogP contribution < -0.4 is 10.1 Å². The minimum Gasteiger partial charge on any atom is -0.495 e. The fourth-order valence-electron chi connectivity index (χ4n) is 4.10. The number of hydrogen-bond acceptors (Lipinski definition) is 7. The Kier molecular flexibility index (Phi) is 4.79. The maximum atomic E-state index is 13.2. The maximum Gasteiger partial charge on any atom is 0.291 e. The summed E-state index contributed by atoms with van der Waals surface area (Å²) < 4.78 is 10.9. The quantitative estimate of drug-likeness (QED) is 0.667. The highest BCUT2D eigenvalue weighted by Crippen LogP contribution is 2.39. The fraction of sp³-hybridized carbons (Fsp3) is 0.478. The highest BCUT2D eigenvalue weighted by molar-refractivity contribution is 5.95. The van der Waals surface area contributed by atoms with Crippen molar-refractivity contribution in [3.8, 4) is 5.75 Å². The largest absolute Gasteiger partial charge is 0.495 e. The van der Waals surface area contributed by atoms with Crippen LogP contribution >= 0.6 is 0 Å². The number of pyridine rings is 1. The van der Waals surface area contributed by atoms with E-state index in [1.807, 2.05) is 30.0 Å². The molecule has 3 aromatic rings. The van der Waals surface area contributed by atoms with E-state index in [2.05, 4.69) is 27.2 Å². The first-order valence-electron chi connectivity index (χ1n) is 10.8. The predicted octanol–water partition coefficient (Wildman–Crippen LogP) is 3.92. The zero-order chi connectivity index (χ0) is 21.6. The standard InChI is InChI=1S/C23H27N5O3/c1-14-12-17-19(27-23(2)8-9-23)25-20(26-21(17)31-14)22(29)28-10-6-15(7-11-28)18-5-4-16(30-3)13-24-18/h4-5,12-13,15H,6-11H2,1-3H3,(H,25,26,27). The number of hydrogen-bond donors (Lipinski definition) is 1. The molecule has 8 nitrogen and oxygen atoms in total. The number of piperidine rings is 1. The van der Waals surface area contributed by atoms with Gasteiger partial charge in [0.2, 0.25) is 11.5 Å². The lowest BCUT2D eigenvalue weighted by atomic mass is 9.93. The Bertz CT molecular complexity index is 1110. The van der Waals surface area contributed by atoms with Gasteiger partial charge in [0.15, 0.2) is 0 Å². The Hall–Kier alpha value is -3.16. The van der Waals surface area contributed by atoms with E-state index in [0.717, 1.165) is 48.3 Å². The molecule has 1 amide bonds. The van der Waals surface area contributed by atoms with Crippen molar-refractivity contribution in [3.05, 3.63) is 41.7 Å². The highest BCUT2D eigenvalue weighted by Gasteiger charge is 2.38. The summed E-state index contributed by atoms with van der Waals surface area (Å²) in [5, 5.41) is 4.31. The second kappa shape index (κ2) is 7.51. The van der Waals surface area contributed by atoms with Crippen molar-refractivity contribution in [1.82, 2.24) is 19.9 Å². The summed E-state index contributed by atoms with van der Waals surface area (Å²) in [6, 6.07) is 5.86. The number of anilines is 1. The molecule has 1 aliphatic heterocycles. The van der Waals surface area contributed by atoms with Gasteiger partial charge in [-0.3, -0.25) is 9.78 Å². The molecule has 0 atom stereocenters. The van der Waals surface area contributed by atoms with E-state index in [9.17, 15) is 4.79 Å². The Labute approximate surface area is 181 Å². The van der Waals surface area contributed by atoms with Gasteiger partial charge in [-0.15, -0.1) is 0 Å². The first-order chi connectivity index (χ1) is 14.9. The molecule has 1 saturated carbocycles. The van der Waals surface area contributed by atoms with Gasteiger partial charge in [0.25, 0.3) is 5.91 Å². The SMILES string of the molecule is COc1ccc(C2CCN(C(=O)c3nc(NC4(C)CC4)c4cc(C)oc4n3)CC2)nc1. The number of aryl methyl sites for hydroxylation is 1.